The summed E-state index contributed by atoms with van der Waals surface area (Å²) >= 11 is 3.60. The van der Waals surface area contributed by atoms with Gasteiger partial charge in [-0.1, -0.05) is 6.07 Å². The van der Waals surface area contributed by atoms with Crippen molar-refractivity contribution in [3.8, 4) is 5.88 Å². The Hall–Kier alpha value is -1.53. The molecule has 0 spiro atoms. The number of nitrogens with one attached hydrogen (secondary N) is 1. The Labute approximate surface area is 138 Å². The van der Waals surface area contributed by atoms with E-state index in [-0.39, 0.29) is 12.0 Å². The minimum atomic E-state index is -0.0791. The van der Waals surface area contributed by atoms with Crippen molar-refractivity contribution in [3.05, 3.63) is 46.3 Å². The van der Waals surface area contributed by atoms with Gasteiger partial charge in [0.2, 0.25) is 5.88 Å². The monoisotopic (exact) mass is 334 g/mol. The number of ether oxygens (including phenoxy) is 1. The van der Waals surface area contributed by atoms with Gasteiger partial charge < -0.3 is 10.1 Å². The van der Waals surface area contributed by atoms with Crippen LogP contribution in [0.5, 0.6) is 5.88 Å². The molecule has 1 saturated heterocycles. The Bertz CT molecular complexity index is 610. The second kappa shape index (κ2) is 7.65. The maximum atomic E-state index is 12.2. The van der Waals surface area contributed by atoms with Crippen molar-refractivity contribution in [2.75, 3.05) is 18.1 Å². The minimum Gasteiger partial charge on any atom is -0.473 e. The zero-order valence-corrected chi connectivity index (χ0v) is 13.8. The smallest absolute Gasteiger partial charge is 0.251 e. The number of thioether (sulfide) groups is 1. The summed E-state index contributed by atoms with van der Waals surface area (Å²) in [5, 5.41) is 4.98. The quantitative estimate of drug-likeness (QED) is 0.882. The van der Waals surface area contributed by atoms with E-state index in [9.17, 15) is 4.79 Å². The summed E-state index contributed by atoms with van der Waals surface area (Å²) in [4.78, 5) is 17.6. The molecule has 2 aromatic heterocycles. The lowest BCUT2D eigenvalue weighted by Crippen LogP contribution is -2.25. The third kappa shape index (κ3) is 4.24. The molecule has 0 bridgehead atoms. The topological polar surface area (TPSA) is 51.2 Å². The molecule has 6 heteroatoms. The van der Waals surface area contributed by atoms with Crippen molar-refractivity contribution in [1.29, 1.82) is 0 Å². The normalized spacial score (nSPS) is 17.4. The van der Waals surface area contributed by atoms with Crippen molar-refractivity contribution in [3.63, 3.8) is 0 Å². The molecule has 116 valence electrons. The van der Waals surface area contributed by atoms with Gasteiger partial charge in [-0.05, 0) is 36.1 Å². The van der Waals surface area contributed by atoms with Crippen LogP contribution >= 0.6 is 23.1 Å². The van der Waals surface area contributed by atoms with Gasteiger partial charge in [0.15, 0.2) is 0 Å². The summed E-state index contributed by atoms with van der Waals surface area (Å²) in [7, 11) is 0. The Morgan fingerprint density at radius 1 is 1.45 bits per heavy atom. The highest BCUT2D eigenvalue weighted by molar-refractivity contribution is 7.99. The number of nitrogens with zero attached hydrogens (tertiary/aromatic N) is 1. The van der Waals surface area contributed by atoms with E-state index in [2.05, 4.69) is 16.4 Å². The summed E-state index contributed by atoms with van der Waals surface area (Å²) in [5.41, 5.74) is 0.599. The van der Waals surface area contributed by atoms with Crippen LogP contribution in [0.3, 0.4) is 0 Å². The average Bonchev–Trinajstić information content (AvgIpc) is 3.21. The highest BCUT2D eigenvalue weighted by atomic mass is 32.2. The number of hydrogen-bond donors (Lipinski definition) is 1. The standard InChI is InChI=1S/C16H18N2O2S2/c19-16(18-7-4-14-2-1-8-22-14)12-3-6-17-15(10-12)20-13-5-9-21-11-13/h1-3,6,8,10,13H,4-5,7,9,11H2,(H,18,19). The van der Waals surface area contributed by atoms with Crippen molar-refractivity contribution < 1.29 is 9.53 Å². The third-order valence-electron chi connectivity index (χ3n) is 3.41. The van der Waals surface area contributed by atoms with Gasteiger partial charge in [0.05, 0.1) is 0 Å². The molecule has 1 fully saturated rings. The number of hydrogen-bond acceptors (Lipinski definition) is 5. The van der Waals surface area contributed by atoms with Crippen LogP contribution in [-0.4, -0.2) is 35.0 Å². The van der Waals surface area contributed by atoms with E-state index < -0.39 is 0 Å². The molecular weight excluding hydrogens is 316 g/mol. The van der Waals surface area contributed by atoms with Crippen LogP contribution in [0, 0.1) is 0 Å². The number of aromatic nitrogens is 1. The van der Waals surface area contributed by atoms with E-state index in [1.165, 1.54) is 4.88 Å². The van der Waals surface area contributed by atoms with Crippen LogP contribution in [0.4, 0.5) is 0 Å². The van der Waals surface area contributed by atoms with E-state index in [1.54, 1.807) is 29.7 Å². The molecule has 1 aliphatic heterocycles. The summed E-state index contributed by atoms with van der Waals surface area (Å²) < 4.78 is 5.82. The fraction of sp³-hybridized carbons (Fsp3) is 0.375. The van der Waals surface area contributed by atoms with E-state index in [4.69, 9.17) is 4.74 Å². The highest BCUT2D eigenvalue weighted by Gasteiger charge is 2.18. The van der Waals surface area contributed by atoms with E-state index in [1.807, 2.05) is 23.2 Å². The number of carbonyl (C=O) groups excluding carboxylic acids is 1. The lowest BCUT2D eigenvalue weighted by molar-refractivity contribution is 0.0953. The van der Waals surface area contributed by atoms with Crippen molar-refractivity contribution in [1.82, 2.24) is 10.3 Å². The molecular formula is C16H18N2O2S2. The second-order valence-electron chi connectivity index (χ2n) is 5.07. The van der Waals surface area contributed by atoms with Gasteiger partial charge in [0, 0.05) is 35.0 Å². The predicted molar refractivity (Wildman–Crippen MR) is 91.0 cm³/mol. The minimum absolute atomic E-state index is 0.0791. The van der Waals surface area contributed by atoms with Gasteiger partial charge in [-0.25, -0.2) is 4.98 Å². The molecule has 2 aromatic rings. The lowest BCUT2D eigenvalue weighted by Gasteiger charge is -2.12. The molecule has 1 aliphatic rings. The Morgan fingerprint density at radius 3 is 3.18 bits per heavy atom. The van der Waals surface area contributed by atoms with E-state index in [0.29, 0.717) is 18.0 Å². The largest absolute Gasteiger partial charge is 0.473 e. The van der Waals surface area contributed by atoms with Crippen LogP contribution in [0.1, 0.15) is 21.7 Å². The second-order valence-corrected chi connectivity index (χ2v) is 7.25. The molecule has 22 heavy (non-hydrogen) atoms. The summed E-state index contributed by atoms with van der Waals surface area (Å²) in [6.45, 7) is 0.636. The molecule has 1 amide bonds. The van der Waals surface area contributed by atoms with Gasteiger partial charge in [0.25, 0.3) is 5.91 Å². The summed E-state index contributed by atoms with van der Waals surface area (Å²) in [5.74, 6) is 2.59. The fourth-order valence-corrected chi connectivity index (χ4v) is 4.05. The Morgan fingerprint density at radius 2 is 2.41 bits per heavy atom. The molecule has 0 aliphatic carbocycles. The first-order valence-electron chi connectivity index (χ1n) is 7.32. The van der Waals surface area contributed by atoms with Crippen LogP contribution < -0.4 is 10.1 Å². The summed E-state index contributed by atoms with van der Waals surface area (Å²) in [6.07, 6.45) is 3.75. The molecule has 0 saturated carbocycles. The average molecular weight is 334 g/mol. The van der Waals surface area contributed by atoms with Crippen molar-refractivity contribution >= 4 is 29.0 Å². The maximum absolute atomic E-state index is 12.2. The predicted octanol–water partition coefficient (Wildman–Crippen LogP) is 3.00. The zero-order chi connectivity index (χ0) is 15.2. The molecule has 1 N–H and O–H groups in total. The van der Waals surface area contributed by atoms with Crippen LogP contribution in [-0.2, 0) is 6.42 Å². The van der Waals surface area contributed by atoms with Gasteiger partial charge in [-0.3, -0.25) is 4.79 Å². The van der Waals surface area contributed by atoms with Gasteiger partial charge >= 0.3 is 0 Å². The van der Waals surface area contributed by atoms with E-state index in [0.717, 1.165) is 24.3 Å². The molecule has 0 radical (unpaired) electrons. The van der Waals surface area contributed by atoms with Gasteiger partial charge in [0.1, 0.15) is 6.10 Å². The number of rotatable bonds is 6. The molecule has 3 rings (SSSR count). The first kappa shape index (κ1) is 15.4. The first-order chi connectivity index (χ1) is 10.8. The van der Waals surface area contributed by atoms with Crippen LogP contribution in [0.25, 0.3) is 0 Å². The molecule has 1 unspecified atom stereocenters. The molecule has 1 atom stereocenters. The maximum Gasteiger partial charge on any atom is 0.251 e. The summed E-state index contributed by atoms with van der Waals surface area (Å²) in [6, 6.07) is 7.55. The molecule has 3 heterocycles. The Balaban J connectivity index is 1.52. The Kier molecular flexibility index (Phi) is 5.34. The number of amides is 1. The SMILES string of the molecule is O=C(NCCc1cccs1)c1ccnc(OC2CCSC2)c1. The van der Waals surface area contributed by atoms with Crippen LogP contribution in [0.2, 0.25) is 0 Å². The fourth-order valence-electron chi connectivity index (χ4n) is 2.25. The van der Waals surface area contributed by atoms with Crippen LogP contribution in [0.15, 0.2) is 35.8 Å². The third-order valence-corrected chi connectivity index (χ3v) is 5.48. The zero-order valence-electron chi connectivity index (χ0n) is 12.2. The van der Waals surface area contributed by atoms with Gasteiger partial charge in [-0.2, -0.15) is 11.8 Å². The highest BCUT2D eigenvalue weighted by Crippen LogP contribution is 2.22. The number of thiophene rings is 1. The van der Waals surface area contributed by atoms with Crippen molar-refractivity contribution in [2.24, 2.45) is 0 Å². The van der Waals surface area contributed by atoms with Gasteiger partial charge in [-0.15, -0.1) is 11.3 Å². The number of carbonyl (C=O) groups is 1. The first-order valence-corrected chi connectivity index (χ1v) is 9.36. The molecule has 4 nitrogen and oxygen atoms in total. The van der Waals surface area contributed by atoms with E-state index >= 15 is 0 Å². The number of pyridine rings is 1. The lowest BCUT2D eigenvalue weighted by atomic mass is 10.2. The van der Waals surface area contributed by atoms with Crippen molar-refractivity contribution in [2.45, 2.75) is 18.9 Å². The molecule has 0 aromatic carbocycles.